The second-order valence-corrected chi connectivity index (χ2v) is 8.43. The second kappa shape index (κ2) is 7.57. The van der Waals surface area contributed by atoms with Crippen LogP contribution in [-0.2, 0) is 14.8 Å². The Bertz CT molecular complexity index is 1150. The van der Waals surface area contributed by atoms with Crippen molar-refractivity contribution in [3.8, 4) is 0 Å². The van der Waals surface area contributed by atoms with Gasteiger partial charge in [-0.1, -0.05) is 35.9 Å². The molecule has 7 nitrogen and oxygen atoms in total. The lowest BCUT2D eigenvalue weighted by atomic mass is 10.2. The van der Waals surface area contributed by atoms with Gasteiger partial charge in [-0.3, -0.25) is 9.36 Å². The predicted molar refractivity (Wildman–Crippen MR) is 105 cm³/mol. The van der Waals surface area contributed by atoms with E-state index in [1.54, 1.807) is 36.4 Å². The smallest absolute Gasteiger partial charge is 0.340 e. The highest BCUT2D eigenvalue weighted by Crippen LogP contribution is 2.22. The van der Waals surface area contributed by atoms with Gasteiger partial charge < -0.3 is 4.74 Å². The molecule has 0 bridgehead atoms. The minimum atomic E-state index is -3.82. The number of aryl methyl sites for hydroxylation is 1. The number of aromatic nitrogens is 1. The van der Waals surface area contributed by atoms with Crippen LogP contribution < -0.4 is 0 Å². The summed E-state index contributed by atoms with van der Waals surface area (Å²) >= 11 is 0. The van der Waals surface area contributed by atoms with Gasteiger partial charge in [0.15, 0.2) is 0 Å². The van der Waals surface area contributed by atoms with E-state index < -0.39 is 21.9 Å². The van der Waals surface area contributed by atoms with Crippen LogP contribution in [0.2, 0.25) is 0 Å². The number of rotatable bonds is 5. The molecule has 0 amide bonds. The lowest BCUT2D eigenvalue weighted by molar-refractivity contribution is 0.0603. The summed E-state index contributed by atoms with van der Waals surface area (Å²) in [5.74, 6) is -1.05. The zero-order chi connectivity index (χ0) is 20.5. The summed E-state index contributed by atoms with van der Waals surface area (Å²) in [5, 5.41) is 0.562. The normalized spacial score (nSPS) is 11.7. The molecule has 146 valence electrons. The van der Waals surface area contributed by atoms with Crippen LogP contribution in [0.25, 0.3) is 10.9 Å². The fourth-order valence-corrected chi connectivity index (χ4v) is 4.02. The van der Waals surface area contributed by atoms with Crippen molar-refractivity contribution in [3.63, 3.8) is 0 Å². The van der Waals surface area contributed by atoms with E-state index in [9.17, 15) is 18.0 Å². The highest BCUT2D eigenvalue weighted by atomic mass is 32.2. The van der Waals surface area contributed by atoms with E-state index >= 15 is 0 Å². The van der Waals surface area contributed by atoms with Crippen LogP contribution in [0.3, 0.4) is 0 Å². The van der Waals surface area contributed by atoms with Crippen LogP contribution in [0.1, 0.15) is 20.7 Å². The van der Waals surface area contributed by atoms with Gasteiger partial charge in [-0.2, -0.15) is 4.31 Å². The van der Waals surface area contributed by atoms with Gasteiger partial charge in [0.25, 0.3) is 0 Å². The number of carbonyl (C=O) groups is 2. The Morgan fingerprint density at radius 1 is 1.07 bits per heavy atom. The number of fused-ring (bicyclic) bond motifs is 1. The van der Waals surface area contributed by atoms with E-state index in [2.05, 4.69) is 0 Å². The lowest BCUT2D eigenvalue weighted by Gasteiger charge is -2.17. The van der Waals surface area contributed by atoms with E-state index in [0.29, 0.717) is 10.9 Å². The number of nitrogens with zero attached hydrogens (tertiary/aromatic N) is 2. The molecular weight excluding hydrogens is 380 g/mol. The summed E-state index contributed by atoms with van der Waals surface area (Å²) in [6, 6.07) is 13.3. The highest BCUT2D eigenvalue weighted by Gasteiger charge is 2.25. The Morgan fingerprint density at radius 2 is 1.71 bits per heavy atom. The first kappa shape index (κ1) is 19.8. The summed E-state index contributed by atoms with van der Waals surface area (Å²) in [5.41, 5.74) is 1.69. The summed E-state index contributed by atoms with van der Waals surface area (Å²) in [6.45, 7) is 1.48. The first-order valence-electron chi connectivity index (χ1n) is 8.50. The lowest BCUT2D eigenvalue weighted by Crippen LogP contribution is -2.34. The van der Waals surface area contributed by atoms with Crippen LogP contribution in [0.4, 0.5) is 0 Å². The van der Waals surface area contributed by atoms with E-state index in [4.69, 9.17) is 4.74 Å². The molecule has 3 aromatic rings. The number of hydrogen-bond acceptors (Lipinski definition) is 5. The minimum absolute atomic E-state index is 0.112. The van der Waals surface area contributed by atoms with Crippen LogP contribution in [0.5, 0.6) is 0 Å². The third-order valence-electron chi connectivity index (χ3n) is 4.47. The van der Waals surface area contributed by atoms with Crippen molar-refractivity contribution >= 4 is 32.8 Å². The van der Waals surface area contributed by atoms with Crippen molar-refractivity contribution in [3.05, 3.63) is 65.9 Å². The fourth-order valence-electron chi connectivity index (χ4n) is 2.90. The van der Waals surface area contributed by atoms with E-state index in [-0.39, 0.29) is 17.0 Å². The summed E-state index contributed by atoms with van der Waals surface area (Å²) < 4.78 is 32.5. The number of carbonyl (C=O) groups excluding carboxylic acids is 2. The van der Waals surface area contributed by atoms with Crippen molar-refractivity contribution in [2.75, 3.05) is 20.7 Å². The van der Waals surface area contributed by atoms with Crippen molar-refractivity contribution in [1.29, 1.82) is 0 Å². The Labute approximate surface area is 163 Å². The third kappa shape index (κ3) is 3.56. The summed E-state index contributed by atoms with van der Waals surface area (Å²) in [7, 11) is -1.21. The number of ether oxygens (including phenoxy) is 1. The van der Waals surface area contributed by atoms with Gasteiger partial charge in [0.05, 0.1) is 29.6 Å². The molecule has 0 N–H and O–H groups in total. The van der Waals surface area contributed by atoms with Gasteiger partial charge in [-0.05, 0) is 25.1 Å². The quantitative estimate of drug-likeness (QED) is 0.615. The third-order valence-corrected chi connectivity index (χ3v) is 6.29. The Hall–Kier alpha value is -2.97. The van der Waals surface area contributed by atoms with Gasteiger partial charge in [-0.15, -0.1) is 0 Å². The first-order chi connectivity index (χ1) is 13.3. The van der Waals surface area contributed by atoms with E-state index in [1.165, 1.54) is 37.1 Å². The number of para-hydroxylation sites is 1. The maximum atomic E-state index is 12.8. The second-order valence-electron chi connectivity index (χ2n) is 6.39. The Kier molecular flexibility index (Phi) is 5.35. The zero-order valence-corrected chi connectivity index (χ0v) is 16.6. The molecule has 3 rings (SSSR count). The SMILES string of the molecule is COC(=O)c1cn(C(=O)CN(C)S(=O)(=O)c2ccc(C)cc2)c2ccccc12. The van der Waals surface area contributed by atoms with Crippen LogP contribution in [0, 0.1) is 6.92 Å². The largest absolute Gasteiger partial charge is 0.465 e. The highest BCUT2D eigenvalue weighted by molar-refractivity contribution is 7.89. The van der Waals surface area contributed by atoms with Gasteiger partial charge in [0.1, 0.15) is 0 Å². The van der Waals surface area contributed by atoms with Crippen molar-refractivity contribution in [1.82, 2.24) is 8.87 Å². The number of esters is 1. The molecule has 0 radical (unpaired) electrons. The molecule has 2 aromatic carbocycles. The minimum Gasteiger partial charge on any atom is -0.465 e. The van der Waals surface area contributed by atoms with E-state index in [0.717, 1.165) is 9.87 Å². The molecule has 0 saturated heterocycles. The molecule has 1 aromatic heterocycles. The molecule has 0 aliphatic carbocycles. The number of likely N-dealkylation sites (N-methyl/N-ethyl adjacent to an activating group) is 1. The molecule has 28 heavy (non-hydrogen) atoms. The average Bonchev–Trinajstić information content (AvgIpc) is 3.07. The Morgan fingerprint density at radius 3 is 2.36 bits per heavy atom. The van der Waals surface area contributed by atoms with Crippen LogP contribution in [0.15, 0.2) is 59.6 Å². The van der Waals surface area contributed by atoms with Crippen molar-refractivity contribution in [2.24, 2.45) is 0 Å². The van der Waals surface area contributed by atoms with Crippen LogP contribution in [-0.4, -0.2) is 49.9 Å². The van der Waals surface area contributed by atoms with Gasteiger partial charge >= 0.3 is 5.97 Å². The molecule has 0 spiro atoms. The maximum Gasteiger partial charge on any atom is 0.340 e. The molecule has 0 fully saturated rings. The summed E-state index contributed by atoms with van der Waals surface area (Å²) in [6.07, 6.45) is 1.38. The van der Waals surface area contributed by atoms with Crippen molar-refractivity contribution in [2.45, 2.75) is 11.8 Å². The molecule has 0 aliphatic heterocycles. The molecule has 0 aliphatic rings. The monoisotopic (exact) mass is 400 g/mol. The first-order valence-corrected chi connectivity index (χ1v) is 9.94. The molecule has 8 heteroatoms. The number of sulfonamides is 1. The Balaban J connectivity index is 1.93. The van der Waals surface area contributed by atoms with Gasteiger partial charge in [0, 0.05) is 18.6 Å². The topological polar surface area (TPSA) is 85.7 Å². The molecule has 0 atom stereocenters. The average molecular weight is 400 g/mol. The van der Waals surface area contributed by atoms with Crippen LogP contribution >= 0.6 is 0 Å². The van der Waals surface area contributed by atoms with E-state index in [1.807, 2.05) is 6.92 Å². The molecular formula is C20H20N2O5S. The van der Waals surface area contributed by atoms with Crippen molar-refractivity contribution < 1.29 is 22.7 Å². The predicted octanol–water partition coefficient (Wildman–Crippen LogP) is 2.70. The molecule has 1 heterocycles. The summed E-state index contributed by atoms with van der Waals surface area (Å²) in [4.78, 5) is 24.9. The van der Waals surface area contributed by atoms with Gasteiger partial charge in [0.2, 0.25) is 15.9 Å². The number of methoxy groups -OCH3 is 1. The number of benzene rings is 2. The standard InChI is InChI=1S/C20H20N2O5S/c1-14-8-10-15(11-9-14)28(25,26)21(2)13-19(23)22-12-17(20(24)27-3)16-6-4-5-7-18(16)22/h4-12H,13H2,1-3H3. The maximum absolute atomic E-state index is 12.8. The molecule has 0 saturated carbocycles. The number of hydrogen-bond donors (Lipinski definition) is 0. The molecule has 0 unspecified atom stereocenters. The fraction of sp³-hybridized carbons (Fsp3) is 0.200. The zero-order valence-electron chi connectivity index (χ0n) is 15.7. The van der Waals surface area contributed by atoms with Gasteiger partial charge in [-0.25, -0.2) is 13.2 Å².